The summed E-state index contributed by atoms with van der Waals surface area (Å²) in [5, 5.41) is 9.86. The first-order valence-corrected chi connectivity index (χ1v) is 10.3. The minimum absolute atomic E-state index is 0.247. The number of ether oxygens (including phenoxy) is 1. The second-order valence-electron chi connectivity index (χ2n) is 7.84. The Kier molecular flexibility index (Phi) is 4.71. The number of nitrogens with one attached hydrogen (secondary N) is 1. The van der Waals surface area contributed by atoms with Crippen LogP contribution in [0.1, 0.15) is 25.6 Å². The van der Waals surface area contributed by atoms with Crippen LogP contribution < -0.4 is 10.2 Å². The molecule has 1 N–H and O–H groups in total. The van der Waals surface area contributed by atoms with Crippen molar-refractivity contribution < 1.29 is 4.74 Å². The molecule has 154 valence electrons. The minimum atomic E-state index is 0.247. The quantitative estimate of drug-likeness (QED) is 0.554. The third-order valence-electron chi connectivity index (χ3n) is 5.45. The lowest BCUT2D eigenvalue weighted by Gasteiger charge is -2.29. The molecule has 5 rings (SSSR count). The Labute approximate surface area is 174 Å². The first kappa shape index (κ1) is 18.7. The van der Waals surface area contributed by atoms with Crippen molar-refractivity contribution in [3.8, 4) is 0 Å². The number of morpholine rings is 1. The van der Waals surface area contributed by atoms with Gasteiger partial charge in [-0.05, 0) is 32.9 Å². The predicted molar refractivity (Wildman–Crippen MR) is 119 cm³/mol. The van der Waals surface area contributed by atoms with E-state index in [1.165, 1.54) is 0 Å². The third kappa shape index (κ3) is 3.33. The van der Waals surface area contributed by atoms with Gasteiger partial charge in [0.2, 0.25) is 5.95 Å². The highest BCUT2D eigenvalue weighted by atomic mass is 16.5. The first-order valence-electron chi connectivity index (χ1n) is 10.3. The van der Waals surface area contributed by atoms with Crippen molar-refractivity contribution in [3.63, 3.8) is 0 Å². The van der Waals surface area contributed by atoms with E-state index in [1.807, 2.05) is 36.1 Å². The van der Waals surface area contributed by atoms with Gasteiger partial charge in [0.1, 0.15) is 11.3 Å². The van der Waals surface area contributed by atoms with Gasteiger partial charge in [-0.1, -0.05) is 12.1 Å². The number of hydrogen-bond donors (Lipinski definition) is 1. The van der Waals surface area contributed by atoms with Gasteiger partial charge in [0.05, 0.1) is 36.3 Å². The summed E-state index contributed by atoms with van der Waals surface area (Å²) < 4.78 is 7.46. The van der Waals surface area contributed by atoms with E-state index < -0.39 is 0 Å². The van der Waals surface area contributed by atoms with Gasteiger partial charge in [-0.2, -0.15) is 5.10 Å². The van der Waals surface area contributed by atoms with E-state index in [-0.39, 0.29) is 6.04 Å². The molecular weight excluding hydrogens is 378 g/mol. The number of aryl methyl sites for hydroxylation is 1. The lowest BCUT2D eigenvalue weighted by Crippen LogP contribution is -2.36. The van der Waals surface area contributed by atoms with Crippen molar-refractivity contribution in [3.05, 3.63) is 42.4 Å². The summed E-state index contributed by atoms with van der Waals surface area (Å²) in [5.74, 6) is 1.26. The zero-order chi connectivity index (χ0) is 20.7. The Morgan fingerprint density at radius 1 is 1.00 bits per heavy atom. The molecule has 0 aliphatic carbocycles. The molecule has 0 spiro atoms. The Morgan fingerprint density at radius 2 is 1.80 bits per heavy atom. The molecule has 1 aliphatic rings. The molecule has 1 fully saturated rings. The first-order chi connectivity index (χ1) is 14.6. The molecule has 1 saturated heterocycles. The summed E-state index contributed by atoms with van der Waals surface area (Å²) in [7, 11) is 0. The topological polar surface area (TPSA) is 81.0 Å². The fraction of sp³-hybridized carbons (Fsp3) is 0.364. The number of rotatable bonds is 4. The Balaban J connectivity index is 1.48. The van der Waals surface area contributed by atoms with Crippen LogP contribution in [0.3, 0.4) is 0 Å². The van der Waals surface area contributed by atoms with E-state index in [2.05, 4.69) is 46.3 Å². The van der Waals surface area contributed by atoms with Gasteiger partial charge in [0, 0.05) is 36.1 Å². The van der Waals surface area contributed by atoms with Gasteiger partial charge in [0.15, 0.2) is 0 Å². The highest BCUT2D eigenvalue weighted by Crippen LogP contribution is 2.27. The van der Waals surface area contributed by atoms with Gasteiger partial charge >= 0.3 is 0 Å². The Hall–Kier alpha value is -3.26. The highest BCUT2D eigenvalue weighted by Gasteiger charge is 2.15. The van der Waals surface area contributed by atoms with E-state index in [4.69, 9.17) is 14.7 Å². The summed E-state index contributed by atoms with van der Waals surface area (Å²) in [4.78, 5) is 16.3. The summed E-state index contributed by atoms with van der Waals surface area (Å²) >= 11 is 0. The lowest BCUT2D eigenvalue weighted by atomic mass is 10.2. The molecular formula is C22H25N7O. The van der Waals surface area contributed by atoms with E-state index in [1.54, 1.807) is 0 Å². The smallest absolute Gasteiger partial charge is 0.228 e. The molecule has 0 atom stereocenters. The molecule has 3 aromatic heterocycles. The van der Waals surface area contributed by atoms with Crippen LogP contribution in [0.4, 0.5) is 17.5 Å². The van der Waals surface area contributed by atoms with Crippen LogP contribution in [0.15, 0.2) is 36.7 Å². The number of hydrogen-bond acceptors (Lipinski definition) is 7. The molecule has 0 saturated carbocycles. The molecule has 1 aromatic carbocycles. The molecule has 0 bridgehead atoms. The van der Waals surface area contributed by atoms with E-state index in [0.29, 0.717) is 5.95 Å². The van der Waals surface area contributed by atoms with Crippen molar-refractivity contribution in [2.24, 2.45) is 0 Å². The maximum Gasteiger partial charge on any atom is 0.228 e. The maximum absolute atomic E-state index is 5.45. The molecule has 0 amide bonds. The van der Waals surface area contributed by atoms with Crippen molar-refractivity contribution >= 4 is 39.3 Å². The second kappa shape index (κ2) is 7.53. The van der Waals surface area contributed by atoms with Crippen LogP contribution in [-0.4, -0.2) is 51.0 Å². The van der Waals surface area contributed by atoms with Crippen molar-refractivity contribution in [1.82, 2.24) is 24.7 Å². The van der Waals surface area contributed by atoms with E-state index in [9.17, 15) is 0 Å². The monoisotopic (exact) mass is 403 g/mol. The SMILES string of the molecule is Cc1nc(Nc2ncc3ccc4cnn(C(C)C)c4c3n2)ccc1N1CCOCC1. The third-order valence-corrected chi connectivity index (χ3v) is 5.45. The number of nitrogens with zero attached hydrogens (tertiary/aromatic N) is 6. The largest absolute Gasteiger partial charge is 0.378 e. The predicted octanol–water partition coefficient (Wildman–Crippen LogP) is 3.84. The zero-order valence-electron chi connectivity index (χ0n) is 17.5. The zero-order valence-corrected chi connectivity index (χ0v) is 17.5. The van der Waals surface area contributed by atoms with Crippen LogP contribution in [0, 0.1) is 6.92 Å². The van der Waals surface area contributed by atoms with Crippen LogP contribution in [-0.2, 0) is 4.74 Å². The Morgan fingerprint density at radius 3 is 2.57 bits per heavy atom. The normalized spacial score (nSPS) is 14.7. The number of anilines is 3. The van der Waals surface area contributed by atoms with Gasteiger partial charge < -0.3 is 15.0 Å². The van der Waals surface area contributed by atoms with Crippen LogP contribution >= 0.6 is 0 Å². The summed E-state index contributed by atoms with van der Waals surface area (Å²) in [5.41, 5.74) is 4.03. The number of pyridine rings is 1. The molecule has 1 aliphatic heterocycles. The number of fused-ring (bicyclic) bond motifs is 3. The molecule has 0 unspecified atom stereocenters. The van der Waals surface area contributed by atoms with Crippen LogP contribution in [0.2, 0.25) is 0 Å². The van der Waals surface area contributed by atoms with Gasteiger partial charge in [-0.15, -0.1) is 0 Å². The van der Waals surface area contributed by atoms with Crippen molar-refractivity contribution in [1.29, 1.82) is 0 Å². The standard InChI is InChI=1S/C22H25N7O/c1-14(2)29-21-17(13-24-29)5-4-16-12-23-22(27-20(16)21)26-19-7-6-18(15(3)25-19)28-8-10-30-11-9-28/h4-7,12-14H,8-11H2,1-3H3,(H,23,25,26,27). The van der Waals surface area contributed by atoms with Crippen LogP contribution in [0.5, 0.6) is 0 Å². The van der Waals surface area contributed by atoms with Crippen molar-refractivity contribution in [2.45, 2.75) is 26.8 Å². The maximum atomic E-state index is 5.45. The fourth-order valence-corrected chi connectivity index (χ4v) is 3.95. The summed E-state index contributed by atoms with van der Waals surface area (Å²) in [6.45, 7) is 9.56. The molecule has 8 nitrogen and oxygen atoms in total. The van der Waals surface area contributed by atoms with Gasteiger partial charge in [0.25, 0.3) is 0 Å². The molecule has 4 heterocycles. The van der Waals surface area contributed by atoms with Gasteiger partial charge in [-0.3, -0.25) is 4.68 Å². The second-order valence-corrected chi connectivity index (χ2v) is 7.84. The number of aromatic nitrogens is 5. The molecule has 4 aromatic rings. The minimum Gasteiger partial charge on any atom is -0.378 e. The van der Waals surface area contributed by atoms with Gasteiger partial charge in [-0.25, -0.2) is 15.0 Å². The summed E-state index contributed by atoms with van der Waals surface area (Å²) in [6, 6.07) is 8.42. The molecule has 8 heteroatoms. The summed E-state index contributed by atoms with van der Waals surface area (Å²) in [6.07, 6.45) is 3.73. The highest BCUT2D eigenvalue weighted by molar-refractivity contribution is 6.03. The van der Waals surface area contributed by atoms with Crippen molar-refractivity contribution in [2.75, 3.05) is 36.5 Å². The molecule has 30 heavy (non-hydrogen) atoms. The fourth-order valence-electron chi connectivity index (χ4n) is 3.95. The lowest BCUT2D eigenvalue weighted by molar-refractivity contribution is 0.122. The van der Waals surface area contributed by atoms with Crippen LogP contribution in [0.25, 0.3) is 21.8 Å². The van der Waals surface area contributed by atoms with E-state index in [0.717, 1.165) is 65.3 Å². The average molecular weight is 403 g/mol. The average Bonchev–Trinajstić information content (AvgIpc) is 3.20. The number of benzene rings is 1. The Bertz CT molecular complexity index is 1210. The molecule has 0 radical (unpaired) electrons. The van der Waals surface area contributed by atoms with E-state index >= 15 is 0 Å².